The molecule has 0 aliphatic heterocycles. The summed E-state index contributed by atoms with van der Waals surface area (Å²) in [5, 5.41) is 17.0. The molecule has 0 spiro atoms. The summed E-state index contributed by atoms with van der Waals surface area (Å²) in [5.41, 5.74) is 0. The Labute approximate surface area is 77.9 Å². The Morgan fingerprint density at radius 3 is 2.54 bits per heavy atom. The molecule has 0 saturated carbocycles. The Morgan fingerprint density at radius 1 is 1.38 bits per heavy atom. The van der Waals surface area contributed by atoms with Gasteiger partial charge in [-0.05, 0) is 13.3 Å². The van der Waals surface area contributed by atoms with Crippen LogP contribution in [0.2, 0.25) is 0 Å². The molecule has 1 amide bonds. The molecule has 0 atom stereocenters. The van der Waals surface area contributed by atoms with Crippen molar-refractivity contribution in [1.29, 1.82) is 0 Å². The summed E-state index contributed by atoms with van der Waals surface area (Å²) in [5.74, 6) is 0. The largest absolute Gasteiger partial charge is 0.447 e. The van der Waals surface area contributed by atoms with Crippen molar-refractivity contribution in [2.75, 3.05) is 32.9 Å². The summed E-state index contributed by atoms with van der Waals surface area (Å²) >= 11 is 0. The van der Waals surface area contributed by atoms with Gasteiger partial charge in [-0.1, -0.05) is 0 Å². The Balaban J connectivity index is 3.71. The quantitative estimate of drug-likeness (QED) is 0.611. The number of aliphatic hydroxyl groups excluding tert-OH is 2. The van der Waals surface area contributed by atoms with Gasteiger partial charge in [-0.25, -0.2) is 4.79 Å². The highest BCUT2D eigenvalue weighted by molar-refractivity contribution is 5.67. The molecule has 5 nitrogen and oxygen atoms in total. The van der Waals surface area contributed by atoms with E-state index >= 15 is 0 Å². The van der Waals surface area contributed by atoms with Gasteiger partial charge in [0.05, 0.1) is 6.61 Å². The third kappa shape index (κ3) is 5.43. The Hall–Kier alpha value is -0.810. The van der Waals surface area contributed by atoms with Crippen molar-refractivity contribution in [2.45, 2.75) is 13.3 Å². The van der Waals surface area contributed by atoms with Crippen LogP contribution >= 0.6 is 0 Å². The molecule has 0 radical (unpaired) electrons. The fraction of sp³-hybridized carbons (Fsp3) is 0.875. The SMILES string of the molecule is CCN(CCCO)C(=O)OCCO. The first-order valence-electron chi connectivity index (χ1n) is 4.39. The average molecular weight is 191 g/mol. The van der Waals surface area contributed by atoms with Gasteiger partial charge in [0.1, 0.15) is 6.61 Å². The third-order valence-electron chi connectivity index (χ3n) is 1.54. The molecule has 0 aromatic carbocycles. The Bertz CT molecular complexity index is 140. The molecular weight excluding hydrogens is 174 g/mol. The zero-order valence-electron chi connectivity index (χ0n) is 7.90. The van der Waals surface area contributed by atoms with E-state index < -0.39 is 6.09 Å². The maximum Gasteiger partial charge on any atom is 0.409 e. The van der Waals surface area contributed by atoms with Crippen LogP contribution in [0.3, 0.4) is 0 Å². The van der Waals surface area contributed by atoms with Gasteiger partial charge in [-0.15, -0.1) is 0 Å². The van der Waals surface area contributed by atoms with Crippen molar-refractivity contribution in [1.82, 2.24) is 4.90 Å². The summed E-state index contributed by atoms with van der Waals surface area (Å²) < 4.78 is 4.70. The molecule has 2 N–H and O–H groups in total. The second-order valence-corrected chi connectivity index (χ2v) is 2.49. The lowest BCUT2D eigenvalue weighted by Crippen LogP contribution is -2.33. The number of amides is 1. The molecule has 0 aromatic heterocycles. The zero-order valence-corrected chi connectivity index (χ0v) is 7.90. The normalized spacial score (nSPS) is 9.77. The third-order valence-corrected chi connectivity index (χ3v) is 1.54. The summed E-state index contributed by atoms with van der Waals surface area (Å²) in [4.78, 5) is 12.6. The maximum absolute atomic E-state index is 11.1. The van der Waals surface area contributed by atoms with Gasteiger partial charge in [0, 0.05) is 19.7 Å². The highest BCUT2D eigenvalue weighted by atomic mass is 16.6. The van der Waals surface area contributed by atoms with Crippen molar-refractivity contribution >= 4 is 6.09 Å². The molecule has 0 aliphatic rings. The number of ether oxygens (including phenoxy) is 1. The molecule has 0 bridgehead atoms. The second-order valence-electron chi connectivity index (χ2n) is 2.49. The maximum atomic E-state index is 11.1. The predicted octanol–water partition coefficient (Wildman–Crippen LogP) is -0.180. The monoisotopic (exact) mass is 191 g/mol. The van der Waals surface area contributed by atoms with E-state index in [1.54, 1.807) is 0 Å². The lowest BCUT2D eigenvalue weighted by molar-refractivity contribution is 0.0837. The van der Waals surface area contributed by atoms with Crippen molar-refractivity contribution in [3.8, 4) is 0 Å². The highest BCUT2D eigenvalue weighted by Crippen LogP contribution is 1.95. The molecule has 0 saturated heterocycles. The molecule has 0 rings (SSSR count). The average Bonchev–Trinajstić information content (AvgIpc) is 2.16. The molecule has 0 aromatic rings. The van der Waals surface area contributed by atoms with Crippen LogP contribution in [-0.4, -0.2) is 54.1 Å². The first kappa shape index (κ1) is 12.2. The zero-order chi connectivity index (χ0) is 10.1. The molecule has 5 heteroatoms. The van der Waals surface area contributed by atoms with Crippen molar-refractivity contribution < 1.29 is 19.7 Å². The van der Waals surface area contributed by atoms with Crippen LogP contribution < -0.4 is 0 Å². The van der Waals surface area contributed by atoms with E-state index in [0.29, 0.717) is 19.5 Å². The van der Waals surface area contributed by atoms with Crippen LogP contribution in [0.4, 0.5) is 4.79 Å². The van der Waals surface area contributed by atoms with Gasteiger partial charge in [0.15, 0.2) is 0 Å². The van der Waals surface area contributed by atoms with E-state index in [-0.39, 0.29) is 19.8 Å². The molecule has 0 aliphatic carbocycles. The number of rotatable bonds is 6. The number of carbonyl (C=O) groups is 1. The van der Waals surface area contributed by atoms with Crippen LogP contribution in [0.25, 0.3) is 0 Å². The predicted molar refractivity (Wildman–Crippen MR) is 47.4 cm³/mol. The van der Waals surface area contributed by atoms with Gasteiger partial charge < -0.3 is 19.8 Å². The van der Waals surface area contributed by atoms with E-state index in [1.165, 1.54) is 4.90 Å². The Kier molecular flexibility index (Phi) is 7.33. The van der Waals surface area contributed by atoms with Gasteiger partial charge in [-0.3, -0.25) is 0 Å². The number of hydrogen-bond donors (Lipinski definition) is 2. The standard InChI is InChI=1S/C8H17NO4/c1-2-9(4-3-5-10)8(12)13-7-6-11/h10-11H,2-7H2,1H3. The minimum absolute atomic E-state index is 0.0223. The van der Waals surface area contributed by atoms with Crippen LogP contribution in [0.15, 0.2) is 0 Å². The smallest absolute Gasteiger partial charge is 0.409 e. The molecule has 13 heavy (non-hydrogen) atoms. The number of carbonyl (C=O) groups excluding carboxylic acids is 1. The van der Waals surface area contributed by atoms with Crippen molar-refractivity contribution in [2.24, 2.45) is 0 Å². The van der Waals surface area contributed by atoms with Crippen molar-refractivity contribution in [3.05, 3.63) is 0 Å². The first-order valence-corrected chi connectivity index (χ1v) is 4.39. The first-order chi connectivity index (χ1) is 6.26. The minimum Gasteiger partial charge on any atom is -0.447 e. The van der Waals surface area contributed by atoms with Gasteiger partial charge >= 0.3 is 6.09 Å². The van der Waals surface area contributed by atoms with E-state index in [4.69, 9.17) is 14.9 Å². The van der Waals surface area contributed by atoms with E-state index in [2.05, 4.69) is 0 Å². The number of aliphatic hydroxyl groups is 2. The van der Waals surface area contributed by atoms with E-state index in [1.807, 2.05) is 6.92 Å². The lowest BCUT2D eigenvalue weighted by Gasteiger charge is -2.19. The lowest BCUT2D eigenvalue weighted by atomic mass is 10.4. The fourth-order valence-electron chi connectivity index (χ4n) is 0.864. The van der Waals surface area contributed by atoms with Crippen LogP contribution in [0.1, 0.15) is 13.3 Å². The van der Waals surface area contributed by atoms with Crippen molar-refractivity contribution in [3.63, 3.8) is 0 Å². The summed E-state index contributed by atoms with van der Waals surface area (Å²) in [6.45, 7) is 2.78. The van der Waals surface area contributed by atoms with Gasteiger partial charge in [0.2, 0.25) is 0 Å². The van der Waals surface area contributed by atoms with E-state index in [9.17, 15) is 4.79 Å². The molecular formula is C8H17NO4. The van der Waals surface area contributed by atoms with Crippen LogP contribution in [0.5, 0.6) is 0 Å². The molecule has 0 fully saturated rings. The van der Waals surface area contributed by atoms with E-state index in [0.717, 1.165) is 0 Å². The number of nitrogens with zero attached hydrogens (tertiary/aromatic N) is 1. The summed E-state index contributed by atoms with van der Waals surface area (Å²) in [7, 11) is 0. The molecule has 78 valence electrons. The van der Waals surface area contributed by atoms with Crippen LogP contribution in [0, 0.1) is 0 Å². The molecule has 0 heterocycles. The number of hydrogen-bond acceptors (Lipinski definition) is 4. The topological polar surface area (TPSA) is 70.0 Å². The Morgan fingerprint density at radius 2 is 2.08 bits per heavy atom. The minimum atomic E-state index is -0.440. The summed E-state index contributed by atoms with van der Waals surface area (Å²) in [6, 6.07) is 0. The highest BCUT2D eigenvalue weighted by Gasteiger charge is 2.11. The van der Waals surface area contributed by atoms with Crippen LogP contribution in [-0.2, 0) is 4.74 Å². The van der Waals surface area contributed by atoms with Gasteiger partial charge in [-0.2, -0.15) is 0 Å². The fourth-order valence-corrected chi connectivity index (χ4v) is 0.864. The van der Waals surface area contributed by atoms with Gasteiger partial charge in [0.25, 0.3) is 0 Å². The summed E-state index contributed by atoms with van der Waals surface area (Å²) in [6.07, 6.45) is 0.104. The molecule has 0 unspecified atom stereocenters. The second kappa shape index (κ2) is 7.82.